The van der Waals surface area contributed by atoms with Crippen molar-refractivity contribution in [3.63, 3.8) is 0 Å². The molecule has 0 saturated heterocycles. The van der Waals surface area contributed by atoms with Gasteiger partial charge < -0.3 is 5.11 Å². The van der Waals surface area contributed by atoms with Crippen molar-refractivity contribution in [1.82, 2.24) is 0 Å². The molecule has 0 spiro atoms. The van der Waals surface area contributed by atoms with Gasteiger partial charge in [0.1, 0.15) is 0 Å². The largest absolute Gasteiger partial charge is 0.392 e. The van der Waals surface area contributed by atoms with Gasteiger partial charge in [0.15, 0.2) is 0 Å². The van der Waals surface area contributed by atoms with Crippen molar-refractivity contribution in [1.29, 1.82) is 0 Å². The van der Waals surface area contributed by atoms with E-state index in [0.29, 0.717) is 0 Å². The van der Waals surface area contributed by atoms with Crippen molar-refractivity contribution in [3.05, 3.63) is 55.0 Å². The first-order valence-electron chi connectivity index (χ1n) is 3.93. The van der Waals surface area contributed by atoms with Crippen LogP contribution in [0.4, 0.5) is 0 Å². The summed E-state index contributed by atoms with van der Waals surface area (Å²) < 4.78 is 0. The topological polar surface area (TPSA) is 20.2 Å². The van der Waals surface area contributed by atoms with Gasteiger partial charge in [0.05, 0.1) is 6.61 Å². The van der Waals surface area contributed by atoms with Gasteiger partial charge in [-0.25, -0.2) is 0 Å². The smallest absolute Gasteiger partial charge is 0.0681 e. The van der Waals surface area contributed by atoms with Gasteiger partial charge in [0.2, 0.25) is 0 Å². The van der Waals surface area contributed by atoms with E-state index in [0.717, 1.165) is 11.1 Å². The lowest BCUT2D eigenvalue weighted by atomic mass is 10.00. The van der Waals surface area contributed by atoms with E-state index < -0.39 is 0 Å². The fourth-order valence-electron chi connectivity index (χ4n) is 1.06. The molecular formula is C11H13O. The molecule has 0 amide bonds. The summed E-state index contributed by atoms with van der Waals surface area (Å²) >= 11 is 0. The highest BCUT2D eigenvalue weighted by Crippen LogP contribution is 2.16. The summed E-state index contributed by atoms with van der Waals surface area (Å²) in [6.07, 6.45) is 1.79. The van der Waals surface area contributed by atoms with Crippen molar-refractivity contribution in [2.45, 2.75) is 12.5 Å². The molecule has 1 nitrogen and oxygen atoms in total. The number of rotatable bonds is 3. The summed E-state index contributed by atoms with van der Waals surface area (Å²) in [4.78, 5) is 0. The molecule has 1 unspecified atom stereocenters. The fourth-order valence-corrected chi connectivity index (χ4v) is 1.06. The first-order chi connectivity index (χ1) is 5.77. The number of allylic oxidation sites excluding steroid dienone is 1. The highest BCUT2D eigenvalue weighted by atomic mass is 16.3. The van der Waals surface area contributed by atoms with Crippen molar-refractivity contribution >= 4 is 0 Å². The molecule has 1 aromatic carbocycles. The third-order valence-electron chi connectivity index (χ3n) is 1.85. The van der Waals surface area contributed by atoms with Crippen LogP contribution in [0.25, 0.3) is 0 Å². The van der Waals surface area contributed by atoms with E-state index in [9.17, 15) is 0 Å². The number of hydrogen-bond donors (Lipinski definition) is 1. The molecule has 0 saturated carbocycles. The Bertz CT molecular complexity index is 265. The zero-order valence-electron chi connectivity index (χ0n) is 7.03. The van der Waals surface area contributed by atoms with Crippen LogP contribution in [-0.4, -0.2) is 5.11 Å². The monoisotopic (exact) mass is 161 g/mol. The molecule has 63 valence electrons. The van der Waals surface area contributed by atoms with Crippen molar-refractivity contribution in [2.24, 2.45) is 0 Å². The van der Waals surface area contributed by atoms with E-state index in [1.807, 2.05) is 24.3 Å². The van der Waals surface area contributed by atoms with Crippen molar-refractivity contribution in [2.75, 3.05) is 0 Å². The third-order valence-corrected chi connectivity index (χ3v) is 1.85. The van der Waals surface area contributed by atoms with Gasteiger partial charge in [0.25, 0.3) is 0 Å². The second kappa shape index (κ2) is 4.07. The van der Waals surface area contributed by atoms with E-state index in [4.69, 9.17) is 5.11 Å². The third kappa shape index (κ3) is 1.95. The van der Waals surface area contributed by atoms with Crippen LogP contribution in [0.3, 0.4) is 0 Å². The molecule has 0 heterocycles. The molecule has 1 aromatic rings. The molecule has 12 heavy (non-hydrogen) atoms. The molecule has 0 fully saturated rings. The quantitative estimate of drug-likeness (QED) is 0.674. The Hall–Kier alpha value is -1.08. The Morgan fingerprint density at radius 3 is 2.83 bits per heavy atom. The Balaban J connectivity index is 2.93. The Labute approximate surface area is 73.4 Å². The number of aliphatic hydroxyl groups excluding tert-OH is 1. The van der Waals surface area contributed by atoms with Crippen molar-refractivity contribution < 1.29 is 5.11 Å². The van der Waals surface area contributed by atoms with Gasteiger partial charge in [-0.15, -0.1) is 6.58 Å². The lowest BCUT2D eigenvalue weighted by Gasteiger charge is -2.06. The average Bonchev–Trinajstić information content (AvgIpc) is 2.17. The van der Waals surface area contributed by atoms with E-state index in [1.165, 1.54) is 0 Å². The SMILES string of the molecule is [CH2]C(C=C)c1cccc(CO)c1. The highest BCUT2D eigenvalue weighted by molar-refractivity contribution is 5.29. The van der Waals surface area contributed by atoms with Crippen LogP contribution in [-0.2, 0) is 6.61 Å². The highest BCUT2D eigenvalue weighted by Gasteiger charge is 2.00. The molecule has 1 heteroatoms. The standard InChI is InChI=1S/C11H13O/c1-3-9(2)11-6-4-5-10(7-11)8-12/h3-7,9,12H,1-2,8H2. The molecule has 1 N–H and O–H groups in total. The number of aliphatic hydroxyl groups is 1. The molecule has 0 bridgehead atoms. The molecule has 1 radical (unpaired) electrons. The lowest BCUT2D eigenvalue weighted by molar-refractivity contribution is 0.281. The molecule has 0 aromatic heterocycles. The van der Waals surface area contributed by atoms with E-state index in [1.54, 1.807) is 6.08 Å². The van der Waals surface area contributed by atoms with Crippen LogP contribution in [0.15, 0.2) is 36.9 Å². The molecule has 1 atom stereocenters. The summed E-state index contributed by atoms with van der Waals surface area (Å²) in [7, 11) is 0. The van der Waals surface area contributed by atoms with Crippen LogP contribution in [0.1, 0.15) is 17.0 Å². The average molecular weight is 161 g/mol. The number of benzene rings is 1. The summed E-state index contributed by atoms with van der Waals surface area (Å²) in [6.45, 7) is 7.65. The van der Waals surface area contributed by atoms with Gasteiger partial charge >= 0.3 is 0 Å². The van der Waals surface area contributed by atoms with Crippen LogP contribution < -0.4 is 0 Å². The summed E-state index contributed by atoms with van der Waals surface area (Å²) in [5.74, 6) is 0.108. The van der Waals surface area contributed by atoms with Gasteiger partial charge in [-0.3, -0.25) is 0 Å². The zero-order chi connectivity index (χ0) is 8.97. The van der Waals surface area contributed by atoms with E-state index >= 15 is 0 Å². The fraction of sp³-hybridized carbons (Fsp3) is 0.182. The van der Waals surface area contributed by atoms with Crippen LogP contribution in [0, 0.1) is 6.92 Å². The van der Waals surface area contributed by atoms with Crippen molar-refractivity contribution in [3.8, 4) is 0 Å². The summed E-state index contributed by atoms with van der Waals surface area (Å²) in [6, 6.07) is 7.74. The molecule has 1 rings (SSSR count). The first kappa shape index (κ1) is 9.01. The summed E-state index contributed by atoms with van der Waals surface area (Å²) in [5.41, 5.74) is 2.01. The van der Waals surface area contributed by atoms with Gasteiger partial charge in [0, 0.05) is 5.92 Å². The Morgan fingerprint density at radius 2 is 2.25 bits per heavy atom. The minimum Gasteiger partial charge on any atom is -0.392 e. The maximum Gasteiger partial charge on any atom is 0.0681 e. The summed E-state index contributed by atoms with van der Waals surface area (Å²) in [5, 5.41) is 8.87. The first-order valence-corrected chi connectivity index (χ1v) is 3.93. The minimum absolute atomic E-state index is 0.0811. The van der Waals surface area contributed by atoms with Gasteiger partial charge in [-0.2, -0.15) is 0 Å². The van der Waals surface area contributed by atoms with E-state index in [-0.39, 0.29) is 12.5 Å². The molecule has 0 aliphatic rings. The maximum absolute atomic E-state index is 8.87. The van der Waals surface area contributed by atoms with E-state index in [2.05, 4.69) is 13.5 Å². The molecular weight excluding hydrogens is 148 g/mol. The van der Waals surface area contributed by atoms with Crippen LogP contribution in [0.5, 0.6) is 0 Å². The Morgan fingerprint density at radius 1 is 1.50 bits per heavy atom. The number of hydrogen-bond acceptors (Lipinski definition) is 1. The van der Waals surface area contributed by atoms with Crippen LogP contribution >= 0.6 is 0 Å². The minimum atomic E-state index is 0.0811. The zero-order valence-corrected chi connectivity index (χ0v) is 7.03. The molecule has 0 aliphatic heterocycles. The molecule has 0 aliphatic carbocycles. The second-order valence-corrected chi connectivity index (χ2v) is 2.75. The normalized spacial score (nSPS) is 12.5. The Kier molecular flexibility index (Phi) is 3.06. The van der Waals surface area contributed by atoms with Gasteiger partial charge in [-0.05, 0) is 18.1 Å². The maximum atomic E-state index is 8.87. The van der Waals surface area contributed by atoms with Crippen LogP contribution in [0.2, 0.25) is 0 Å². The predicted octanol–water partition coefficient (Wildman–Crippen LogP) is 2.28. The second-order valence-electron chi connectivity index (χ2n) is 2.75. The van der Waals surface area contributed by atoms with Gasteiger partial charge in [-0.1, -0.05) is 30.3 Å². The predicted molar refractivity (Wildman–Crippen MR) is 50.7 cm³/mol. The lowest BCUT2D eigenvalue weighted by Crippen LogP contribution is -1.91.